The second kappa shape index (κ2) is 7.80. The van der Waals surface area contributed by atoms with Crippen molar-refractivity contribution >= 4 is 31.8 Å². The molecule has 0 atom stereocenters. The molecule has 1 spiro atoms. The molecule has 0 saturated heterocycles. The largest absolute Gasteiger partial charge is 0.294 e. The second-order valence-electron chi connectivity index (χ2n) is 10.7. The third-order valence-corrected chi connectivity index (χ3v) is 10.6. The molecule has 9 rings (SSSR count). The van der Waals surface area contributed by atoms with Crippen LogP contribution in [0.15, 0.2) is 143 Å². The van der Waals surface area contributed by atoms with Crippen molar-refractivity contribution in [3.63, 3.8) is 0 Å². The lowest BCUT2D eigenvalue weighted by Gasteiger charge is -2.38. The van der Waals surface area contributed by atoms with Crippen LogP contribution in [0.5, 0.6) is 0 Å². The smallest absolute Gasteiger partial charge is 0.208 e. The van der Waals surface area contributed by atoms with Crippen LogP contribution in [0.25, 0.3) is 38.8 Å². The van der Waals surface area contributed by atoms with Gasteiger partial charge in [-0.25, -0.2) is 13.4 Å². The maximum Gasteiger partial charge on any atom is 0.208 e. The Balaban J connectivity index is 1.54. The van der Waals surface area contributed by atoms with E-state index in [0.29, 0.717) is 10.6 Å². The minimum atomic E-state index is -3.86. The van der Waals surface area contributed by atoms with Crippen molar-refractivity contribution in [3.8, 4) is 16.8 Å². The molecule has 2 aliphatic rings. The van der Waals surface area contributed by atoms with Gasteiger partial charge < -0.3 is 0 Å². The van der Waals surface area contributed by atoms with Crippen molar-refractivity contribution in [1.29, 1.82) is 0 Å². The number of benzene rings is 5. The van der Waals surface area contributed by atoms with Gasteiger partial charge in [0.1, 0.15) is 5.65 Å². The molecule has 194 valence electrons. The third kappa shape index (κ3) is 2.69. The molecule has 2 aromatic heterocycles. The summed E-state index contributed by atoms with van der Waals surface area (Å²) in [5.41, 5.74) is 7.45. The monoisotopic (exact) mass is 546 g/mol. The molecule has 0 N–H and O–H groups in total. The molecular formula is C36H22N2O2S. The van der Waals surface area contributed by atoms with E-state index in [1.54, 1.807) is 6.07 Å². The lowest BCUT2D eigenvalue weighted by molar-refractivity contribution is 0.576. The Hall–Kier alpha value is -5.00. The van der Waals surface area contributed by atoms with Crippen molar-refractivity contribution in [3.05, 3.63) is 156 Å². The molecule has 3 heterocycles. The van der Waals surface area contributed by atoms with Gasteiger partial charge in [0.15, 0.2) is 0 Å². The topological polar surface area (TPSA) is 52.0 Å². The summed E-state index contributed by atoms with van der Waals surface area (Å²) in [4.78, 5) is 6.05. The van der Waals surface area contributed by atoms with Gasteiger partial charge in [-0.15, -0.1) is 0 Å². The van der Waals surface area contributed by atoms with Crippen molar-refractivity contribution in [2.45, 2.75) is 15.2 Å². The van der Waals surface area contributed by atoms with Crippen LogP contribution in [0, 0.1) is 0 Å². The molecule has 0 fully saturated rings. The summed E-state index contributed by atoms with van der Waals surface area (Å²) in [5.74, 6) is 0. The van der Waals surface area contributed by atoms with Crippen LogP contribution in [0.3, 0.4) is 0 Å². The first kappa shape index (κ1) is 22.8. The fourth-order valence-electron chi connectivity index (χ4n) is 7.21. The Labute approximate surface area is 237 Å². The van der Waals surface area contributed by atoms with Crippen LogP contribution in [-0.2, 0) is 15.3 Å². The first-order valence-electron chi connectivity index (χ1n) is 13.7. The van der Waals surface area contributed by atoms with E-state index in [-0.39, 0.29) is 4.90 Å². The van der Waals surface area contributed by atoms with Crippen molar-refractivity contribution in [1.82, 2.24) is 9.55 Å². The van der Waals surface area contributed by atoms with Gasteiger partial charge in [0.05, 0.1) is 26.4 Å². The molecule has 0 bridgehead atoms. The lowest BCUT2D eigenvalue weighted by Crippen LogP contribution is -2.37. The average Bonchev–Trinajstić information content (AvgIpc) is 3.51. The van der Waals surface area contributed by atoms with E-state index in [1.807, 2.05) is 84.9 Å². The minimum absolute atomic E-state index is 0.270. The van der Waals surface area contributed by atoms with Crippen LogP contribution in [0.4, 0.5) is 0 Å². The van der Waals surface area contributed by atoms with Gasteiger partial charge in [-0.2, -0.15) is 0 Å². The highest BCUT2D eigenvalue weighted by Gasteiger charge is 2.54. The van der Waals surface area contributed by atoms with Gasteiger partial charge in [-0.3, -0.25) is 4.57 Å². The number of sulfone groups is 1. The fraction of sp³-hybridized carbons (Fsp3) is 0.0278. The Kier molecular flexibility index (Phi) is 4.34. The fourth-order valence-corrected chi connectivity index (χ4v) is 8.95. The summed E-state index contributed by atoms with van der Waals surface area (Å²) in [6.45, 7) is 0. The number of rotatable bonds is 1. The zero-order valence-electron chi connectivity index (χ0n) is 21.8. The molecule has 41 heavy (non-hydrogen) atoms. The highest BCUT2D eigenvalue weighted by molar-refractivity contribution is 7.91. The Morgan fingerprint density at radius 3 is 1.88 bits per heavy atom. The quantitative estimate of drug-likeness (QED) is 0.212. The Morgan fingerprint density at radius 1 is 0.561 bits per heavy atom. The van der Waals surface area contributed by atoms with Crippen LogP contribution >= 0.6 is 0 Å². The molecule has 4 nitrogen and oxygen atoms in total. The lowest BCUT2D eigenvalue weighted by atomic mass is 9.69. The van der Waals surface area contributed by atoms with Gasteiger partial charge in [-0.05, 0) is 58.1 Å². The van der Waals surface area contributed by atoms with E-state index in [9.17, 15) is 8.42 Å². The molecule has 7 aromatic rings. The van der Waals surface area contributed by atoms with Crippen molar-refractivity contribution in [2.75, 3.05) is 0 Å². The molecule has 0 unspecified atom stereocenters. The Bertz CT molecular complexity index is 2290. The van der Waals surface area contributed by atoms with Gasteiger partial charge in [-0.1, -0.05) is 103 Å². The van der Waals surface area contributed by atoms with Gasteiger partial charge in [0, 0.05) is 16.5 Å². The summed E-state index contributed by atoms with van der Waals surface area (Å²) in [6.07, 6.45) is 0. The van der Waals surface area contributed by atoms with Crippen LogP contribution < -0.4 is 0 Å². The molecule has 1 aliphatic carbocycles. The molecule has 5 heteroatoms. The molecule has 1 aliphatic heterocycles. The number of pyridine rings is 1. The van der Waals surface area contributed by atoms with Gasteiger partial charge in [0.25, 0.3) is 0 Å². The highest BCUT2D eigenvalue weighted by atomic mass is 32.2. The molecule has 0 radical (unpaired) electrons. The molecular weight excluding hydrogens is 524 g/mol. The van der Waals surface area contributed by atoms with Gasteiger partial charge in [0.2, 0.25) is 9.84 Å². The molecule has 0 saturated carbocycles. The van der Waals surface area contributed by atoms with Gasteiger partial charge >= 0.3 is 0 Å². The summed E-state index contributed by atoms with van der Waals surface area (Å²) >= 11 is 0. The standard InChI is InChI=1S/C36H22N2O2S/c39-41(40)32-21-11-9-19-30(32)36(28-17-7-4-14-24(28)25-15-5-8-18-29(25)36)34-33(41)22-27-26-16-6-10-20-31(26)38(35(27)37-34)23-12-2-1-3-13-23/h1-22H. The summed E-state index contributed by atoms with van der Waals surface area (Å²) in [6, 6.07) is 44.3. The predicted octanol–water partition coefficient (Wildman–Crippen LogP) is 7.69. The van der Waals surface area contributed by atoms with E-state index in [1.165, 1.54) is 0 Å². The van der Waals surface area contributed by atoms with Crippen LogP contribution in [0.1, 0.15) is 22.4 Å². The van der Waals surface area contributed by atoms with E-state index < -0.39 is 15.3 Å². The maximum absolute atomic E-state index is 14.5. The SMILES string of the molecule is O=S1(=O)c2ccccc2C2(c3ccccc3-c3ccccc32)c2nc3c(cc21)c1ccccc1n3-c1ccccc1. The van der Waals surface area contributed by atoms with Crippen molar-refractivity contribution in [2.24, 2.45) is 0 Å². The zero-order valence-corrected chi connectivity index (χ0v) is 22.6. The van der Waals surface area contributed by atoms with E-state index in [2.05, 4.69) is 47.0 Å². The maximum atomic E-state index is 14.5. The second-order valence-corrected chi connectivity index (χ2v) is 12.6. The summed E-state index contributed by atoms with van der Waals surface area (Å²) in [5, 5.41) is 1.79. The molecule has 5 aromatic carbocycles. The normalized spacial score (nSPS) is 15.4. The average molecular weight is 547 g/mol. The van der Waals surface area contributed by atoms with Crippen LogP contribution in [-0.4, -0.2) is 18.0 Å². The van der Waals surface area contributed by atoms with E-state index in [4.69, 9.17) is 4.98 Å². The number of nitrogens with zero attached hydrogens (tertiary/aromatic N) is 2. The molecule has 0 amide bonds. The van der Waals surface area contributed by atoms with Crippen molar-refractivity contribution < 1.29 is 8.42 Å². The van der Waals surface area contributed by atoms with E-state index in [0.717, 1.165) is 55.4 Å². The summed E-state index contributed by atoms with van der Waals surface area (Å²) < 4.78 is 31.1. The van der Waals surface area contributed by atoms with E-state index >= 15 is 0 Å². The summed E-state index contributed by atoms with van der Waals surface area (Å²) in [7, 11) is -3.86. The zero-order chi connectivity index (χ0) is 27.3. The predicted molar refractivity (Wildman–Crippen MR) is 161 cm³/mol. The van der Waals surface area contributed by atoms with Crippen LogP contribution in [0.2, 0.25) is 0 Å². The number of fused-ring (bicyclic) bond motifs is 12. The minimum Gasteiger partial charge on any atom is -0.294 e. The number of hydrogen-bond acceptors (Lipinski definition) is 3. The third-order valence-electron chi connectivity index (χ3n) is 8.81. The number of para-hydroxylation sites is 2. The first-order valence-corrected chi connectivity index (χ1v) is 15.1. The number of aromatic nitrogens is 2. The highest BCUT2D eigenvalue weighted by Crippen LogP contribution is 2.60. The first-order chi connectivity index (χ1) is 20.1. The Morgan fingerprint density at radius 2 is 1.15 bits per heavy atom. The number of hydrogen-bond donors (Lipinski definition) is 0.